The first-order chi connectivity index (χ1) is 20.5. The number of benzene rings is 1. The molecule has 2 N–H and O–H groups in total. The van der Waals surface area contributed by atoms with Crippen LogP contribution >= 0.6 is 22.6 Å². The first-order valence-electron chi connectivity index (χ1n) is 14.0. The monoisotopic (exact) mass is 674 g/mol. The highest BCUT2D eigenvalue weighted by Gasteiger charge is 2.22. The molecule has 1 aliphatic rings. The van der Waals surface area contributed by atoms with Crippen molar-refractivity contribution in [2.75, 3.05) is 25.4 Å². The van der Waals surface area contributed by atoms with Gasteiger partial charge in [-0.2, -0.15) is 5.10 Å². The van der Waals surface area contributed by atoms with Crippen molar-refractivity contribution in [2.24, 2.45) is 5.92 Å². The quantitative estimate of drug-likeness (QED) is 0.126. The van der Waals surface area contributed by atoms with Crippen LogP contribution in [0.4, 0.5) is 5.82 Å². The van der Waals surface area contributed by atoms with E-state index in [0.29, 0.717) is 35.6 Å². The zero-order valence-electron chi connectivity index (χ0n) is 23.1. The van der Waals surface area contributed by atoms with E-state index in [9.17, 15) is 4.79 Å². The molecule has 0 aliphatic carbocycles. The third-order valence-electron chi connectivity index (χ3n) is 7.60. The van der Waals surface area contributed by atoms with Gasteiger partial charge in [-0.3, -0.25) is 9.36 Å². The summed E-state index contributed by atoms with van der Waals surface area (Å²) in [6, 6.07) is 15.6. The molecule has 11 heteroatoms. The van der Waals surface area contributed by atoms with Gasteiger partial charge in [0, 0.05) is 37.7 Å². The minimum atomic E-state index is 0.0269. The zero-order valence-corrected chi connectivity index (χ0v) is 25.2. The number of carbonyl (C=O) groups is 1. The van der Waals surface area contributed by atoms with Gasteiger partial charge in [0.05, 0.1) is 21.4 Å². The van der Waals surface area contributed by atoms with E-state index in [1.807, 2.05) is 64.2 Å². The summed E-state index contributed by atoms with van der Waals surface area (Å²) in [6.07, 6.45) is 10.7. The van der Waals surface area contributed by atoms with Gasteiger partial charge in [0.1, 0.15) is 17.1 Å². The maximum atomic E-state index is 11.9. The molecule has 42 heavy (non-hydrogen) atoms. The molecule has 0 spiro atoms. The second-order valence-corrected chi connectivity index (χ2v) is 11.4. The normalized spacial score (nSPS) is 13.9. The molecule has 0 atom stereocenters. The average molecular weight is 675 g/mol. The van der Waals surface area contributed by atoms with E-state index in [1.54, 1.807) is 17.1 Å². The molecule has 1 fully saturated rings. The first-order valence-corrected chi connectivity index (χ1v) is 15.0. The van der Waals surface area contributed by atoms with E-state index in [4.69, 9.17) is 20.4 Å². The van der Waals surface area contributed by atoms with Crippen LogP contribution in [0, 0.1) is 9.49 Å². The number of hydrogen-bond acceptors (Lipinski definition) is 7. The number of fused-ring (bicyclic) bond motifs is 1. The predicted molar refractivity (Wildman–Crippen MR) is 171 cm³/mol. The number of hydrogen-bond donors (Lipinski definition) is 1. The Morgan fingerprint density at radius 2 is 1.98 bits per heavy atom. The summed E-state index contributed by atoms with van der Waals surface area (Å²) in [6.45, 7) is 5.81. The Bertz CT molecular complexity index is 1720. The highest BCUT2D eigenvalue weighted by molar-refractivity contribution is 14.1. The lowest BCUT2D eigenvalue weighted by atomic mass is 9.92. The maximum Gasteiger partial charge on any atom is 0.245 e. The number of nitrogen functional groups attached to an aromatic ring is 1. The number of aromatic nitrogens is 6. The van der Waals surface area contributed by atoms with Crippen molar-refractivity contribution in [3.63, 3.8) is 0 Å². The van der Waals surface area contributed by atoms with E-state index >= 15 is 0 Å². The zero-order chi connectivity index (χ0) is 29.1. The van der Waals surface area contributed by atoms with Crippen molar-refractivity contribution >= 4 is 45.5 Å². The van der Waals surface area contributed by atoms with E-state index in [2.05, 4.69) is 39.3 Å². The summed E-state index contributed by atoms with van der Waals surface area (Å²) in [7, 11) is 0. The average Bonchev–Trinajstić information content (AvgIpc) is 3.69. The SMILES string of the molecule is C=CC(=O)N1CCC(CCCOc2cc(-n3c(-c4cccnc4N)nc4ccc(-n5cccn5)nc43)ccc2I)CC1. The number of piperidine rings is 1. The van der Waals surface area contributed by atoms with Crippen LogP contribution in [0.5, 0.6) is 5.75 Å². The molecule has 5 heterocycles. The van der Waals surface area contributed by atoms with Crippen molar-refractivity contribution in [2.45, 2.75) is 25.7 Å². The number of halogens is 1. The lowest BCUT2D eigenvalue weighted by Gasteiger charge is -2.31. The summed E-state index contributed by atoms with van der Waals surface area (Å²) in [5.41, 5.74) is 9.29. The molecule has 1 saturated heterocycles. The van der Waals surface area contributed by atoms with Gasteiger partial charge in [0.2, 0.25) is 5.91 Å². The number of pyridine rings is 2. The van der Waals surface area contributed by atoms with Gasteiger partial charge in [-0.15, -0.1) is 0 Å². The van der Waals surface area contributed by atoms with E-state index < -0.39 is 0 Å². The molecule has 10 nitrogen and oxygen atoms in total. The lowest BCUT2D eigenvalue weighted by Crippen LogP contribution is -2.37. The van der Waals surface area contributed by atoms with Crippen LogP contribution in [0.25, 0.3) is 34.1 Å². The molecule has 1 aromatic carbocycles. The summed E-state index contributed by atoms with van der Waals surface area (Å²) < 4.78 is 11.1. The Morgan fingerprint density at radius 1 is 1.12 bits per heavy atom. The van der Waals surface area contributed by atoms with Gasteiger partial charge < -0.3 is 15.4 Å². The fraction of sp³-hybridized carbons (Fsp3) is 0.258. The standard InChI is InChI=1S/C31H31IN8O2/c1-2-28(41)38-17-12-21(13-18-38)6-4-19-42-26-20-22(8-9-24(26)32)40-30(23-7-3-14-34-29(23)33)36-25-10-11-27(37-31(25)40)39-16-5-15-35-39/h2-3,5,7-11,14-16,20-21H,1,4,6,12-13,17-19H2,(H2,33,34). The van der Waals surface area contributed by atoms with Crippen LogP contribution in [-0.4, -0.2) is 59.8 Å². The topological polar surface area (TPSA) is 117 Å². The number of nitrogens with two attached hydrogens (primary N) is 1. The van der Waals surface area contributed by atoms with Crippen LogP contribution in [0.2, 0.25) is 0 Å². The minimum absolute atomic E-state index is 0.0269. The number of likely N-dealkylation sites (tertiary alicyclic amines) is 1. The van der Waals surface area contributed by atoms with Gasteiger partial charge in [0.15, 0.2) is 17.3 Å². The number of ether oxygens (including phenoxy) is 1. The highest BCUT2D eigenvalue weighted by Crippen LogP contribution is 2.33. The van der Waals surface area contributed by atoms with Crippen LogP contribution in [0.3, 0.4) is 0 Å². The lowest BCUT2D eigenvalue weighted by molar-refractivity contribution is -0.127. The number of carbonyl (C=O) groups excluding carboxylic acids is 1. The Morgan fingerprint density at radius 3 is 2.74 bits per heavy atom. The van der Waals surface area contributed by atoms with E-state index in [0.717, 1.165) is 64.9 Å². The fourth-order valence-corrected chi connectivity index (χ4v) is 5.87. The Labute approximate surface area is 257 Å². The van der Waals surface area contributed by atoms with Gasteiger partial charge in [-0.1, -0.05) is 6.58 Å². The number of rotatable bonds is 9. The molecule has 4 aromatic heterocycles. The molecule has 0 radical (unpaired) electrons. The third kappa shape index (κ3) is 5.73. The Kier molecular flexibility index (Phi) is 8.17. The van der Waals surface area contributed by atoms with Gasteiger partial charge in [-0.25, -0.2) is 19.6 Å². The van der Waals surface area contributed by atoms with Gasteiger partial charge in [-0.05, 0) is 103 Å². The number of amides is 1. The first kappa shape index (κ1) is 27.9. The molecule has 0 bridgehead atoms. The van der Waals surface area contributed by atoms with Crippen LogP contribution < -0.4 is 10.5 Å². The minimum Gasteiger partial charge on any atom is -0.492 e. The van der Waals surface area contributed by atoms with Crippen molar-refractivity contribution in [3.8, 4) is 28.6 Å². The van der Waals surface area contributed by atoms with Crippen LogP contribution in [0.1, 0.15) is 25.7 Å². The molecule has 5 aromatic rings. The fourth-order valence-electron chi connectivity index (χ4n) is 5.38. The third-order valence-corrected chi connectivity index (χ3v) is 8.49. The van der Waals surface area contributed by atoms with Crippen LogP contribution in [-0.2, 0) is 4.79 Å². The number of anilines is 1. The van der Waals surface area contributed by atoms with Gasteiger partial charge >= 0.3 is 0 Å². The van der Waals surface area contributed by atoms with Crippen LogP contribution in [0.15, 0.2) is 79.8 Å². The number of nitrogens with zero attached hydrogens (tertiary/aromatic N) is 7. The highest BCUT2D eigenvalue weighted by atomic mass is 127. The van der Waals surface area contributed by atoms with Crippen molar-refractivity contribution in [1.82, 2.24) is 34.2 Å². The molecular formula is C31H31IN8O2. The summed E-state index contributed by atoms with van der Waals surface area (Å²) in [5, 5.41) is 4.34. The Balaban J connectivity index is 1.26. The Hall–Kier alpha value is -4.26. The van der Waals surface area contributed by atoms with Crippen molar-refractivity contribution in [1.29, 1.82) is 0 Å². The second-order valence-electron chi connectivity index (χ2n) is 10.2. The summed E-state index contributed by atoms with van der Waals surface area (Å²) in [5.74, 6) is 3.15. The molecule has 0 saturated carbocycles. The summed E-state index contributed by atoms with van der Waals surface area (Å²) in [4.78, 5) is 27.9. The number of imidazole rings is 1. The second kappa shape index (κ2) is 12.3. The predicted octanol–water partition coefficient (Wildman–Crippen LogP) is 5.44. The maximum absolute atomic E-state index is 11.9. The van der Waals surface area contributed by atoms with E-state index in [-0.39, 0.29) is 5.91 Å². The van der Waals surface area contributed by atoms with E-state index in [1.165, 1.54) is 6.08 Å². The van der Waals surface area contributed by atoms with Crippen molar-refractivity contribution in [3.05, 3.63) is 83.3 Å². The summed E-state index contributed by atoms with van der Waals surface area (Å²) >= 11 is 2.31. The molecule has 1 amide bonds. The molecule has 0 unspecified atom stereocenters. The van der Waals surface area contributed by atoms with Crippen molar-refractivity contribution < 1.29 is 9.53 Å². The smallest absolute Gasteiger partial charge is 0.245 e. The molecule has 214 valence electrons. The molecule has 1 aliphatic heterocycles. The largest absolute Gasteiger partial charge is 0.492 e. The molecule has 6 rings (SSSR count). The van der Waals surface area contributed by atoms with Gasteiger partial charge in [0.25, 0.3) is 0 Å². The molecular weight excluding hydrogens is 643 g/mol.